The second-order valence-corrected chi connectivity index (χ2v) is 10.3. The Labute approximate surface area is 190 Å². The summed E-state index contributed by atoms with van der Waals surface area (Å²) in [5.74, 6) is 0.454. The lowest BCUT2D eigenvalue weighted by molar-refractivity contribution is -0.124. The van der Waals surface area contributed by atoms with E-state index in [4.69, 9.17) is 0 Å². The highest BCUT2D eigenvalue weighted by Gasteiger charge is 2.42. The van der Waals surface area contributed by atoms with Crippen molar-refractivity contribution in [2.24, 2.45) is 0 Å². The number of benzene rings is 2. The minimum Gasteiger partial charge on any atom is -0.354 e. The Morgan fingerprint density at radius 2 is 1.71 bits per heavy atom. The first kappa shape index (κ1) is 23.4. The van der Waals surface area contributed by atoms with Gasteiger partial charge in [0.15, 0.2) is 0 Å². The summed E-state index contributed by atoms with van der Waals surface area (Å²) < 4.78 is 0. The molecular formula is C26H34N2O2S. The molecule has 2 amide bonds. The van der Waals surface area contributed by atoms with Crippen LogP contribution >= 0.6 is 11.8 Å². The fraction of sp³-hybridized carbons (Fsp3) is 0.462. The molecule has 0 spiro atoms. The van der Waals surface area contributed by atoms with E-state index in [1.54, 1.807) is 16.7 Å². The Morgan fingerprint density at radius 1 is 1.03 bits per heavy atom. The molecule has 2 unspecified atom stereocenters. The number of amides is 2. The monoisotopic (exact) mass is 438 g/mol. The minimum absolute atomic E-state index is 0.0540. The lowest BCUT2D eigenvalue weighted by Gasteiger charge is -2.29. The van der Waals surface area contributed by atoms with Crippen molar-refractivity contribution in [3.8, 4) is 0 Å². The predicted molar refractivity (Wildman–Crippen MR) is 129 cm³/mol. The molecule has 0 aliphatic carbocycles. The van der Waals surface area contributed by atoms with Gasteiger partial charge in [0.05, 0.1) is 0 Å². The van der Waals surface area contributed by atoms with Gasteiger partial charge in [0, 0.05) is 17.9 Å². The van der Waals surface area contributed by atoms with E-state index in [1.165, 1.54) is 5.56 Å². The zero-order valence-corrected chi connectivity index (χ0v) is 19.9. The van der Waals surface area contributed by atoms with Gasteiger partial charge in [-0.05, 0) is 35.1 Å². The molecule has 3 rings (SSSR count). The molecule has 2 atom stereocenters. The average Bonchev–Trinajstić information content (AvgIpc) is 3.21. The highest BCUT2D eigenvalue weighted by molar-refractivity contribution is 7.99. The molecule has 1 heterocycles. The number of rotatable bonds is 7. The van der Waals surface area contributed by atoms with Crippen molar-refractivity contribution in [1.29, 1.82) is 0 Å². The van der Waals surface area contributed by atoms with Crippen molar-refractivity contribution in [3.63, 3.8) is 0 Å². The third-order valence-corrected chi connectivity index (χ3v) is 7.02. The highest BCUT2D eigenvalue weighted by atomic mass is 32.2. The summed E-state index contributed by atoms with van der Waals surface area (Å²) in [7, 11) is 0. The second kappa shape index (κ2) is 10.4. The largest absolute Gasteiger partial charge is 0.354 e. The second-order valence-electron chi connectivity index (χ2n) is 9.15. The summed E-state index contributed by atoms with van der Waals surface area (Å²) in [6, 6.07) is 17.3. The molecule has 0 radical (unpaired) electrons. The Bertz CT molecular complexity index is 875. The fourth-order valence-electron chi connectivity index (χ4n) is 3.80. The molecule has 0 bridgehead atoms. The van der Waals surface area contributed by atoms with Gasteiger partial charge in [-0.1, -0.05) is 83.0 Å². The van der Waals surface area contributed by atoms with Crippen LogP contribution in [0.25, 0.3) is 0 Å². The molecule has 1 fully saturated rings. The van der Waals surface area contributed by atoms with Gasteiger partial charge in [-0.25, -0.2) is 0 Å². The summed E-state index contributed by atoms with van der Waals surface area (Å²) >= 11 is 1.66. The van der Waals surface area contributed by atoms with E-state index in [0.29, 0.717) is 17.9 Å². The standard InChI is InChI=1S/C26H34N2O2S/c1-5-6-10-17-27-23(29)22-18-31-25(20-13-15-21(16-14-20)26(2,3)4)28(22)24(30)19-11-8-7-9-12-19/h7-9,11-16,22,25H,5-6,10,17-18H2,1-4H3,(H,27,29). The Morgan fingerprint density at radius 3 is 2.32 bits per heavy atom. The van der Waals surface area contributed by atoms with Crippen LogP contribution in [0.2, 0.25) is 0 Å². The third-order valence-electron chi connectivity index (χ3n) is 5.70. The Hall–Kier alpha value is -2.27. The van der Waals surface area contributed by atoms with Crippen LogP contribution in [0.5, 0.6) is 0 Å². The van der Waals surface area contributed by atoms with Gasteiger partial charge >= 0.3 is 0 Å². The summed E-state index contributed by atoms with van der Waals surface area (Å²) in [4.78, 5) is 28.3. The number of thioether (sulfide) groups is 1. The van der Waals surface area contributed by atoms with Crippen molar-refractivity contribution in [2.75, 3.05) is 12.3 Å². The number of nitrogens with zero attached hydrogens (tertiary/aromatic N) is 1. The normalized spacial score (nSPS) is 18.8. The zero-order chi connectivity index (χ0) is 22.4. The molecule has 4 nitrogen and oxygen atoms in total. The molecule has 2 aromatic carbocycles. The number of nitrogens with one attached hydrogen (secondary N) is 1. The van der Waals surface area contributed by atoms with Gasteiger partial charge in [0.1, 0.15) is 11.4 Å². The van der Waals surface area contributed by atoms with Crippen LogP contribution in [-0.2, 0) is 10.2 Å². The predicted octanol–water partition coefficient (Wildman–Crippen LogP) is 5.55. The maximum Gasteiger partial charge on any atom is 0.255 e. The van der Waals surface area contributed by atoms with Gasteiger partial charge in [-0.15, -0.1) is 11.8 Å². The SMILES string of the molecule is CCCCCNC(=O)C1CSC(c2ccc(C(C)(C)C)cc2)N1C(=O)c1ccccc1. The molecular weight excluding hydrogens is 404 g/mol. The van der Waals surface area contributed by atoms with Gasteiger partial charge in [-0.2, -0.15) is 0 Å². The number of unbranched alkanes of at least 4 members (excludes halogenated alkanes) is 2. The number of carbonyl (C=O) groups excluding carboxylic acids is 2. The van der Waals surface area contributed by atoms with Crippen molar-refractivity contribution >= 4 is 23.6 Å². The first-order valence-corrected chi connectivity index (χ1v) is 12.2. The molecule has 1 aliphatic heterocycles. The smallest absolute Gasteiger partial charge is 0.255 e. The molecule has 31 heavy (non-hydrogen) atoms. The molecule has 0 aromatic heterocycles. The summed E-state index contributed by atoms with van der Waals surface area (Å²) in [5, 5.41) is 2.88. The van der Waals surface area contributed by atoms with E-state index in [-0.39, 0.29) is 22.6 Å². The number of carbonyl (C=O) groups is 2. The molecule has 5 heteroatoms. The minimum atomic E-state index is -0.466. The zero-order valence-electron chi connectivity index (χ0n) is 19.1. The van der Waals surface area contributed by atoms with E-state index in [1.807, 2.05) is 30.3 Å². The molecule has 1 N–H and O–H groups in total. The van der Waals surface area contributed by atoms with Crippen LogP contribution in [0.1, 0.15) is 73.8 Å². The highest BCUT2D eigenvalue weighted by Crippen LogP contribution is 2.42. The lowest BCUT2D eigenvalue weighted by Crippen LogP contribution is -2.48. The molecule has 166 valence electrons. The Balaban J connectivity index is 1.86. The van der Waals surface area contributed by atoms with E-state index in [9.17, 15) is 9.59 Å². The maximum atomic E-state index is 13.5. The van der Waals surface area contributed by atoms with Crippen molar-refractivity contribution in [1.82, 2.24) is 10.2 Å². The van der Waals surface area contributed by atoms with Crippen LogP contribution in [0, 0.1) is 0 Å². The van der Waals surface area contributed by atoms with Crippen molar-refractivity contribution in [3.05, 3.63) is 71.3 Å². The molecule has 2 aromatic rings. The first-order chi connectivity index (χ1) is 14.8. The van der Waals surface area contributed by atoms with E-state index in [2.05, 4.69) is 57.3 Å². The average molecular weight is 439 g/mol. The Kier molecular flexibility index (Phi) is 7.82. The molecule has 0 saturated carbocycles. The van der Waals surface area contributed by atoms with Crippen molar-refractivity contribution in [2.45, 2.75) is 63.8 Å². The van der Waals surface area contributed by atoms with Gasteiger partial charge in [0.2, 0.25) is 5.91 Å². The van der Waals surface area contributed by atoms with Crippen LogP contribution in [0.3, 0.4) is 0 Å². The fourth-order valence-corrected chi connectivity index (χ4v) is 5.22. The van der Waals surface area contributed by atoms with Gasteiger partial charge < -0.3 is 10.2 Å². The third kappa shape index (κ3) is 5.70. The van der Waals surface area contributed by atoms with Crippen LogP contribution in [0.4, 0.5) is 0 Å². The summed E-state index contributed by atoms with van der Waals surface area (Å²) in [6.07, 6.45) is 3.17. The van der Waals surface area contributed by atoms with Crippen LogP contribution in [-0.4, -0.2) is 35.1 Å². The maximum absolute atomic E-state index is 13.5. The van der Waals surface area contributed by atoms with Crippen LogP contribution < -0.4 is 5.32 Å². The quantitative estimate of drug-likeness (QED) is 0.577. The van der Waals surface area contributed by atoms with Crippen LogP contribution in [0.15, 0.2) is 54.6 Å². The number of hydrogen-bond donors (Lipinski definition) is 1. The van der Waals surface area contributed by atoms with E-state index < -0.39 is 6.04 Å². The molecule has 1 saturated heterocycles. The topological polar surface area (TPSA) is 49.4 Å². The first-order valence-electron chi connectivity index (χ1n) is 11.2. The van der Waals surface area contributed by atoms with Gasteiger partial charge in [-0.3, -0.25) is 9.59 Å². The van der Waals surface area contributed by atoms with Gasteiger partial charge in [0.25, 0.3) is 5.91 Å². The molecule has 1 aliphatic rings. The number of hydrogen-bond acceptors (Lipinski definition) is 3. The van der Waals surface area contributed by atoms with E-state index in [0.717, 1.165) is 24.8 Å². The lowest BCUT2D eigenvalue weighted by atomic mass is 9.86. The summed E-state index contributed by atoms with van der Waals surface area (Å²) in [6.45, 7) is 9.38. The van der Waals surface area contributed by atoms with E-state index >= 15 is 0 Å². The van der Waals surface area contributed by atoms with Crippen molar-refractivity contribution < 1.29 is 9.59 Å². The summed E-state index contributed by atoms with van der Waals surface area (Å²) in [5.41, 5.74) is 3.00.